The Labute approximate surface area is 170 Å². The number of benzene rings is 2. The highest BCUT2D eigenvalue weighted by Crippen LogP contribution is 2.21. The van der Waals surface area contributed by atoms with Gasteiger partial charge in [0, 0.05) is 31.3 Å². The van der Waals surface area contributed by atoms with Crippen LogP contribution in [0.2, 0.25) is 0 Å². The number of rotatable bonds is 11. The number of amides is 2. The number of carbonyl (C=O) groups excluding carboxylic acids is 2. The number of aliphatic hydroxyl groups excluding tert-OH is 1. The van der Waals surface area contributed by atoms with Gasteiger partial charge in [0.25, 0.3) is 0 Å². The Morgan fingerprint density at radius 2 is 1.79 bits per heavy atom. The van der Waals surface area contributed by atoms with Gasteiger partial charge in [-0.2, -0.15) is 0 Å². The number of nitrogens with two attached hydrogens (primary N) is 1. The highest BCUT2D eigenvalue weighted by atomic mass is 16.5. The number of carbonyl (C=O) groups is 2. The highest BCUT2D eigenvalue weighted by Gasteiger charge is 2.07. The number of hydrogen-bond donors (Lipinski definition) is 4. The first kappa shape index (κ1) is 22.2. The van der Waals surface area contributed by atoms with E-state index in [9.17, 15) is 14.7 Å². The summed E-state index contributed by atoms with van der Waals surface area (Å²) >= 11 is 0. The maximum Gasteiger partial charge on any atom is 0.248 e. The second-order valence-electron chi connectivity index (χ2n) is 6.56. The fraction of sp³-hybridized carbons (Fsp3) is 0.333. The molecule has 0 aliphatic carbocycles. The van der Waals surface area contributed by atoms with Crippen molar-refractivity contribution in [3.05, 3.63) is 53.6 Å². The Morgan fingerprint density at radius 3 is 2.41 bits per heavy atom. The SMILES string of the molecule is CC(=O)Nc1ccc(OCC(O)CNCCOc2ccc(C(N)=O)cc2)cc1C. The van der Waals surface area contributed by atoms with Gasteiger partial charge in [-0.05, 0) is 55.0 Å². The van der Waals surface area contributed by atoms with Crippen LogP contribution in [0.3, 0.4) is 0 Å². The standard InChI is InChI=1S/C21H27N3O5/c1-14-11-19(7-8-20(14)24-15(2)25)29-13-17(26)12-23-9-10-28-18-5-3-16(4-6-18)21(22)27/h3-8,11,17,23,26H,9-10,12-13H2,1-2H3,(H2,22,27)(H,24,25). The molecule has 2 amide bonds. The van der Waals surface area contributed by atoms with Crippen LogP contribution >= 0.6 is 0 Å². The van der Waals surface area contributed by atoms with Crippen molar-refractivity contribution in [3.8, 4) is 11.5 Å². The molecule has 1 unspecified atom stereocenters. The zero-order valence-electron chi connectivity index (χ0n) is 16.6. The maximum atomic E-state index is 11.1. The van der Waals surface area contributed by atoms with Gasteiger partial charge >= 0.3 is 0 Å². The van der Waals surface area contributed by atoms with E-state index in [-0.39, 0.29) is 12.5 Å². The first-order valence-corrected chi connectivity index (χ1v) is 9.27. The predicted molar refractivity (Wildman–Crippen MR) is 110 cm³/mol. The van der Waals surface area contributed by atoms with Crippen LogP contribution in [0.4, 0.5) is 5.69 Å². The summed E-state index contributed by atoms with van der Waals surface area (Å²) in [6.07, 6.45) is -0.680. The third-order valence-corrected chi connectivity index (χ3v) is 4.02. The van der Waals surface area contributed by atoms with Crippen molar-refractivity contribution in [3.63, 3.8) is 0 Å². The zero-order valence-corrected chi connectivity index (χ0v) is 16.6. The molecule has 2 aromatic carbocycles. The molecule has 5 N–H and O–H groups in total. The van der Waals surface area contributed by atoms with Crippen molar-refractivity contribution in [2.45, 2.75) is 20.0 Å². The molecule has 8 heteroatoms. The molecule has 0 radical (unpaired) electrons. The van der Waals surface area contributed by atoms with Gasteiger partial charge in [-0.3, -0.25) is 9.59 Å². The van der Waals surface area contributed by atoms with Gasteiger partial charge in [0.05, 0.1) is 0 Å². The molecule has 29 heavy (non-hydrogen) atoms. The lowest BCUT2D eigenvalue weighted by Crippen LogP contribution is -2.33. The molecule has 0 spiro atoms. The molecular weight excluding hydrogens is 374 g/mol. The summed E-state index contributed by atoms with van der Waals surface area (Å²) in [4.78, 5) is 22.1. The monoisotopic (exact) mass is 401 g/mol. The van der Waals surface area contributed by atoms with Gasteiger partial charge in [-0.15, -0.1) is 0 Å². The number of anilines is 1. The van der Waals surface area contributed by atoms with E-state index in [0.717, 1.165) is 11.3 Å². The van der Waals surface area contributed by atoms with Gasteiger partial charge < -0.3 is 30.9 Å². The molecule has 8 nitrogen and oxygen atoms in total. The molecule has 0 bridgehead atoms. The van der Waals surface area contributed by atoms with Crippen LogP contribution in [0.1, 0.15) is 22.8 Å². The van der Waals surface area contributed by atoms with Crippen molar-refractivity contribution < 1.29 is 24.2 Å². The van der Waals surface area contributed by atoms with E-state index in [0.29, 0.717) is 36.8 Å². The molecule has 0 aromatic heterocycles. The molecule has 2 aromatic rings. The number of nitrogens with one attached hydrogen (secondary N) is 2. The number of ether oxygens (including phenoxy) is 2. The number of aliphatic hydroxyl groups is 1. The highest BCUT2D eigenvalue weighted by molar-refractivity contribution is 5.92. The Kier molecular flexibility index (Phi) is 8.45. The lowest BCUT2D eigenvalue weighted by atomic mass is 10.2. The van der Waals surface area contributed by atoms with E-state index in [1.807, 2.05) is 13.0 Å². The Morgan fingerprint density at radius 1 is 1.10 bits per heavy atom. The predicted octanol–water partition coefficient (Wildman–Crippen LogP) is 1.46. The topological polar surface area (TPSA) is 123 Å². The minimum atomic E-state index is -0.680. The summed E-state index contributed by atoms with van der Waals surface area (Å²) in [5.41, 5.74) is 7.23. The smallest absolute Gasteiger partial charge is 0.248 e. The van der Waals surface area contributed by atoms with Crippen molar-refractivity contribution in [2.75, 3.05) is 31.6 Å². The molecule has 0 aliphatic heterocycles. The maximum absolute atomic E-state index is 11.1. The molecular formula is C21H27N3O5. The first-order chi connectivity index (χ1) is 13.8. The lowest BCUT2D eigenvalue weighted by molar-refractivity contribution is -0.114. The summed E-state index contributed by atoms with van der Waals surface area (Å²) in [5, 5.41) is 15.8. The van der Waals surface area contributed by atoms with Crippen molar-refractivity contribution in [2.24, 2.45) is 5.73 Å². The molecule has 0 saturated carbocycles. The lowest BCUT2D eigenvalue weighted by Gasteiger charge is -2.15. The van der Waals surface area contributed by atoms with E-state index in [1.54, 1.807) is 36.4 Å². The van der Waals surface area contributed by atoms with Crippen LogP contribution in [-0.4, -0.2) is 49.3 Å². The average molecular weight is 401 g/mol. The van der Waals surface area contributed by atoms with Gasteiger partial charge in [-0.25, -0.2) is 0 Å². The van der Waals surface area contributed by atoms with E-state index in [1.165, 1.54) is 6.92 Å². The largest absolute Gasteiger partial charge is 0.492 e. The zero-order chi connectivity index (χ0) is 21.2. The van der Waals surface area contributed by atoms with Crippen LogP contribution < -0.4 is 25.8 Å². The van der Waals surface area contributed by atoms with Crippen molar-refractivity contribution in [1.29, 1.82) is 0 Å². The summed E-state index contributed by atoms with van der Waals surface area (Å²) < 4.78 is 11.1. The minimum Gasteiger partial charge on any atom is -0.492 e. The minimum absolute atomic E-state index is 0.130. The van der Waals surface area contributed by atoms with E-state index >= 15 is 0 Å². The Balaban J connectivity index is 1.63. The summed E-state index contributed by atoms with van der Waals surface area (Å²) in [6, 6.07) is 11.9. The molecule has 156 valence electrons. The van der Waals surface area contributed by atoms with Crippen molar-refractivity contribution >= 4 is 17.5 Å². The van der Waals surface area contributed by atoms with Crippen LogP contribution in [0.25, 0.3) is 0 Å². The molecule has 0 aliphatic rings. The first-order valence-electron chi connectivity index (χ1n) is 9.27. The number of aryl methyl sites for hydroxylation is 1. The number of hydrogen-bond acceptors (Lipinski definition) is 6. The third-order valence-electron chi connectivity index (χ3n) is 4.02. The van der Waals surface area contributed by atoms with E-state index in [4.69, 9.17) is 15.2 Å². The normalized spacial score (nSPS) is 11.6. The Bertz CT molecular complexity index is 824. The second-order valence-corrected chi connectivity index (χ2v) is 6.56. The summed E-state index contributed by atoms with van der Waals surface area (Å²) in [5.74, 6) is 0.653. The molecule has 1 atom stereocenters. The van der Waals surface area contributed by atoms with Gasteiger partial charge in [0.15, 0.2) is 0 Å². The Hall–Kier alpha value is -3.10. The summed E-state index contributed by atoms with van der Waals surface area (Å²) in [6.45, 7) is 4.77. The van der Waals surface area contributed by atoms with Gasteiger partial charge in [0.2, 0.25) is 11.8 Å². The quantitative estimate of drug-likeness (QED) is 0.423. The van der Waals surface area contributed by atoms with Gasteiger partial charge in [0.1, 0.15) is 30.8 Å². The average Bonchev–Trinajstić information content (AvgIpc) is 2.68. The van der Waals surface area contributed by atoms with Crippen LogP contribution in [0.15, 0.2) is 42.5 Å². The molecule has 0 fully saturated rings. The second kappa shape index (κ2) is 11.0. The fourth-order valence-electron chi connectivity index (χ4n) is 2.53. The van der Waals surface area contributed by atoms with Crippen molar-refractivity contribution in [1.82, 2.24) is 5.32 Å². The molecule has 2 rings (SSSR count). The van der Waals surface area contributed by atoms with Crippen LogP contribution in [0.5, 0.6) is 11.5 Å². The number of primary amides is 1. The van der Waals surface area contributed by atoms with E-state index in [2.05, 4.69) is 10.6 Å². The third kappa shape index (κ3) is 7.81. The van der Waals surface area contributed by atoms with Crippen LogP contribution in [0, 0.1) is 6.92 Å². The molecule has 0 saturated heterocycles. The van der Waals surface area contributed by atoms with Gasteiger partial charge in [-0.1, -0.05) is 0 Å². The molecule has 0 heterocycles. The van der Waals surface area contributed by atoms with E-state index < -0.39 is 12.0 Å². The van der Waals surface area contributed by atoms with Crippen LogP contribution in [-0.2, 0) is 4.79 Å². The fourth-order valence-corrected chi connectivity index (χ4v) is 2.53. The summed E-state index contributed by atoms with van der Waals surface area (Å²) in [7, 11) is 0.